The summed E-state index contributed by atoms with van der Waals surface area (Å²) >= 11 is 0. The molecule has 0 radical (unpaired) electrons. The van der Waals surface area contributed by atoms with Gasteiger partial charge in [0.15, 0.2) is 0 Å². The number of carbonyl (C=O) groups excluding carboxylic acids is 1. The molecule has 2 aliphatic rings. The molecule has 0 spiro atoms. The van der Waals surface area contributed by atoms with Crippen molar-refractivity contribution >= 4 is 6.03 Å². The first-order chi connectivity index (χ1) is 11.3. The van der Waals surface area contributed by atoms with Crippen molar-refractivity contribution in [2.45, 2.75) is 44.2 Å². The van der Waals surface area contributed by atoms with Crippen LogP contribution in [-0.4, -0.2) is 27.7 Å². The van der Waals surface area contributed by atoms with Gasteiger partial charge in [-0.1, -0.05) is 24.3 Å². The molecule has 23 heavy (non-hydrogen) atoms. The van der Waals surface area contributed by atoms with Gasteiger partial charge >= 0.3 is 6.03 Å². The highest BCUT2D eigenvalue weighted by atomic mass is 16.2. The van der Waals surface area contributed by atoms with Crippen LogP contribution in [0.25, 0.3) is 0 Å². The van der Waals surface area contributed by atoms with Crippen LogP contribution in [0.2, 0.25) is 0 Å². The van der Waals surface area contributed by atoms with Gasteiger partial charge in [0.05, 0.1) is 18.3 Å². The Kier molecular flexibility index (Phi) is 3.77. The molecule has 1 saturated heterocycles. The standard InChI is InChI=1S/C18H22N4O/c23-18(21-16-9-8-13-5-1-2-6-15(13)16)22-10-4-3-7-17(22)14-11-19-20-12-14/h1-2,5-6,11-12,16-17H,3-4,7-10H2,(H,19,20)(H,21,23)/t16-,17-/m0/s1. The number of benzene rings is 1. The second kappa shape index (κ2) is 6.07. The smallest absolute Gasteiger partial charge is 0.318 e. The Labute approximate surface area is 136 Å². The Bertz CT molecular complexity index is 682. The molecule has 2 N–H and O–H groups in total. The number of urea groups is 1. The first-order valence-corrected chi connectivity index (χ1v) is 8.46. The first-order valence-electron chi connectivity index (χ1n) is 8.46. The van der Waals surface area contributed by atoms with Crippen molar-refractivity contribution < 1.29 is 4.79 Å². The maximum Gasteiger partial charge on any atom is 0.318 e. The minimum atomic E-state index is 0.0533. The summed E-state index contributed by atoms with van der Waals surface area (Å²) in [6.45, 7) is 0.816. The minimum Gasteiger partial charge on any atom is -0.331 e. The molecule has 2 aromatic rings. The molecule has 2 heterocycles. The van der Waals surface area contributed by atoms with Gasteiger partial charge < -0.3 is 10.2 Å². The first kappa shape index (κ1) is 14.3. The number of hydrogen-bond donors (Lipinski definition) is 2. The Morgan fingerprint density at radius 3 is 3.04 bits per heavy atom. The number of fused-ring (bicyclic) bond motifs is 1. The van der Waals surface area contributed by atoms with E-state index in [-0.39, 0.29) is 18.1 Å². The molecular formula is C18H22N4O. The van der Waals surface area contributed by atoms with Crippen molar-refractivity contribution in [1.82, 2.24) is 20.4 Å². The van der Waals surface area contributed by atoms with Gasteiger partial charge in [0, 0.05) is 18.3 Å². The Balaban J connectivity index is 1.50. The number of piperidine rings is 1. The molecule has 0 bridgehead atoms. The highest BCUT2D eigenvalue weighted by molar-refractivity contribution is 5.75. The van der Waals surface area contributed by atoms with Crippen molar-refractivity contribution in [1.29, 1.82) is 0 Å². The van der Waals surface area contributed by atoms with E-state index in [0.717, 1.165) is 44.2 Å². The fourth-order valence-corrected chi connectivity index (χ4v) is 3.90. The van der Waals surface area contributed by atoms with E-state index >= 15 is 0 Å². The number of aromatic nitrogens is 2. The average Bonchev–Trinajstić information content (AvgIpc) is 3.25. The van der Waals surface area contributed by atoms with Crippen LogP contribution in [0, 0.1) is 0 Å². The molecule has 5 nitrogen and oxygen atoms in total. The van der Waals surface area contributed by atoms with E-state index in [1.165, 1.54) is 11.1 Å². The van der Waals surface area contributed by atoms with Gasteiger partial charge in [-0.3, -0.25) is 5.10 Å². The molecule has 5 heteroatoms. The summed E-state index contributed by atoms with van der Waals surface area (Å²) in [5.74, 6) is 0. The average molecular weight is 310 g/mol. The largest absolute Gasteiger partial charge is 0.331 e. The third-order valence-electron chi connectivity index (χ3n) is 5.10. The zero-order valence-corrected chi connectivity index (χ0v) is 13.2. The van der Waals surface area contributed by atoms with Crippen LogP contribution in [0.3, 0.4) is 0 Å². The molecule has 1 aromatic carbocycles. The summed E-state index contributed by atoms with van der Waals surface area (Å²) in [6, 6.07) is 8.76. The van der Waals surface area contributed by atoms with E-state index in [1.54, 1.807) is 0 Å². The molecule has 120 valence electrons. The summed E-state index contributed by atoms with van der Waals surface area (Å²) in [4.78, 5) is 14.8. The number of aromatic amines is 1. The second-order valence-electron chi connectivity index (χ2n) is 6.48. The van der Waals surface area contributed by atoms with Gasteiger partial charge in [-0.15, -0.1) is 0 Å². The predicted octanol–water partition coefficient (Wildman–Crippen LogP) is 3.33. The summed E-state index contributed by atoms with van der Waals surface area (Å²) in [5, 5.41) is 10.2. The van der Waals surface area contributed by atoms with Crippen LogP contribution in [0.5, 0.6) is 0 Å². The monoisotopic (exact) mass is 310 g/mol. The fraction of sp³-hybridized carbons (Fsp3) is 0.444. The Hall–Kier alpha value is -2.30. The number of hydrogen-bond acceptors (Lipinski definition) is 2. The van der Waals surface area contributed by atoms with Crippen molar-refractivity contribution in [3.63, 3.8) is 0 Å². The summed E-state index contributed by atoms with van der Waals surface area (Å²) in [7, 11) is 0. The molecular weight excluding hydrogens is 288 g/mol. The molecule has 4 rings (SSSR count). The lowest BCUT2D eigenvalue weighted by Gasteiger charge is -2.36. The van der Waals surface area contributed by atoms with Gasteiger partial charge in [0.25, 0.3) is 0 Å². The fourth-order valence-electron chi connectivity index (χ4n) is 3.90. The van der Waals surface area contributed by atoms with Gasteiger partial charge in [0.1, 0.15) is 0 Å². The van der Waals surface area contributed by atoms with E-state index in [0.29, 0.717) is 0 Å². The van der Waals surface area contributed by atoms with E-state index in [2.05, 4.69) is 39.8 Å². The third kappa shape index (κ3) is 2.71. The lowest BCUT2D eigenvalue weighted by Crippen LogP contribution is -2.45. The highest BCUT2D eigenvalue weighted by Gasteiger charge is 2.31. The lowest BCUT2D eigenvalue weighted by atomic mass is 9.98. The van der Waals surface area contributed by atoms with Crippen LogP contribution in [0.4, 0.5) is 4.79 Å². The van der Waals surface area contributed by atoms with Gasteiger partial charge in [-0.25, -0.2) is 4.79 Å². The number of carbonyl (C=O) groups is 1. The van der Waals surface area contributed by atoms with Gasteiger partial charge in [-0.05, 0) is 43.2 Å². The third-order valence-corrected chi connectivity index (χ3v) is 5.10. The second-order valence-corrected chi connectivity index (χ2v) is 6.48. The van der Waals surface area contributed by atoms with E-state index < -0.39 is 0 Å². The molecule has 0 unspecified atom stereocenters. The molecule has 1 aromatic heterocycles. The van der Waals surface area contributed by atoms with Crippen LogP contribution in [0.15, 0.2) is 36.7 Å². The molecule has 1 aliphatic heterocycles. The number of aryl methyl sites for hydroxylation is 1. The van der Waals surface area contributed by atoms with Crippen LogP contribution in [-0.2, 0) is 6.42 Å². The van der Waals surface area contributed by atoms with Gasteiger partial charge in [-0.2, -0.15) is 5.10 Å². The van der Waals surface area contributed by atoms with Crippen LogP contribution >= 0.6 is 0 Å². The lowest BCUT2D eigenvalue weighted by molar-refractivity contribution is 0.148. The molecule has 2 amide bonds. The van der Waals surface area contributed by atoms with Crippen molar-refractivity contribution in [3.05, 3.63) is 53.3 Å². The zero-order chi connectivity index (χ0) is 15.6. The zero-order valence-electron chi connectivity index (χ0n) is 13.2. The summed E-state index contributed by atoms with van der Waals surface area (Å²) in [6.07, 6.45) is 9.02. The number of nitrogens with zero attached hydrogens (tertiary/aromatic N) is 2. The van der Waals surface area contributed by atoms with Crippen molar-refractivity contribution in [3.8, 4) is 0 Å². The number of nitrogens with one attached hydrogen (secondary N) is 2. The minimum absolute atomic E-state index is 0.0533. The van der Waals surface area contributed by atoms with Crippen LogP contribution < -0.4 is 5.32 Å². The van der Waals surface area contributed by atoms with Gasteiger partial charge in [0.2, 0.25) is 0 Å². The van der Waals surface area contributed by atoms with E-state index in [1.807, 2.05) is 17.3 Å². The van der Waals surface area contributed by atoms with E-state index in [4.69, 9.17) is 0 Å². The maximum absolute atomic E-state index is 12.9. The molecule has 2 atom stereocenters. The van der Waals surface area contributed by atoms with E-state index in [9.17, 15) is 4.79 Å². The molecule has 1 fully saturated rings. The Morgan fingerprint density at radius 1 is 1.26 bits per heavy atom. The normalized spacial score (nSPS) is 23.6. The Morgan fingerprint density at radius 2 is 2.17 bits per heavy atom. The SMILES string of the molecule is O=C(N[C@H]1CCc2ccccc21)N1CCCC[C@H]1c1cn[nH]c1. The number of amides is 2. The summed E-state index contributed by atoms with van der Waals surface area (Å²) < 4.78 is 0. The number of rotatable bonds is 2. The van der Waals surface area contributed by atoms with Crippen molar-refractivity contribution in [2.75, 3.05) is 6.54 Å². The summed E-state index contributed by atoms with van der Waals surface area (Å²) in [5.41, 5.74) is 3.74. The molecule has 0 saturated carbocycles. The molecule has 1 aliphatic carbocycles. The number of H-pyrrole nitrogens is 1. The maximum atomic E-state index is 12.9. The van der Waals surface area contributed by atoms with Crippen LogP contribution in [0.1, 0.15) is 54.5 Å². The number of likely N-dealkylation sites (tertiary alicyclic amines) is 1. The quantitative estimate of drug-likeness (QED) is 0.893. The van der Waals surface area contributed by atoms with Crippen molar-refractivity contribution in [2.24, 2.45) is 0 Å². The predicted molar refractivity (Wildman–Crippen MR) is 87.9 cm³/mol. The highest BCUT2D eigenvalue weighted by Crippen LogP contribution is 2.33. The topological polar surface area (TPSA) is 61.0 Å².